The minimum atomic E-state index is -0.157. The number of nitrogens with two attached hydrogens (primary N) is 1. The van der Waals surface area contributed by atoms with Gasteiger partial charge >= 0.3 is 0 Å². The normalized spacial score (nSPS) is 10.7. The average molecular weight is 413 g/mol. The summed E-state index contributed by atoms with van der Waals surface area (Å²) in [7, 11) is 0. The first kappa shape index (κ1) is 20.1. The van der Waals surface area contributed by atoms with Crippen LogP contribution in [0.4, 0.5) is 23.0 Å². The van der Waals surface area contributed by atoms with Gasteiger partial charge in [0.15, 0.2) is 5.82 Å². The van der Waals surface area contributed by atoms with Gasteiger partial charge in [0.25, 0.3) is 5.91 Å². The van der Waals surface area contributed by atoms with Gasteiger partial charge in [-0.25, -0.2) is 9.97 Å². The number of aromatic nitrogens is 4. The molecule has 0 aliphatic heterocycles. The van der Waals surface area contributed by atoms with Crippen molar-refractivity contribution < 1.29 is 4.79 Å². The fourth-order valence-electron chi connectivity index (χ4n) is 3.20. The standard InChI is InChI=1S/C23H23N7O/c1-14-5-4-6-17(9-14)23(31)27-18-8-7-15(2)19(11-18)28-22-10-16(3)29-30(22)21-12-20(24)25-13-26-21/h4-13,28H,1-3H3,(H,27,31)(H2,24,25,26). The largest absolute Gasteiger partial charge is 0.384 e. The molecule has 4 rings (SSSR count). The van der Waals surface area contributed by atoms with Crippen LogP contribution in [-0.4, -0.2) is 25.7 Å². The Balaban J connectivity index is 1.61. The van der Waals surface area contributed by atoms with Gasteiger partial charge in [0.05, 0.1) is 5.69 Å². The number of hydrogen-bond acceptors (Lipinski definition) is 6. The summed E-state index contributed by atoms with van der Waals surface area (Å²) in [6, 6.07) is 16.8. The molecule has 2 aromatic heterocycles. The predicted molar refractivity (Wildman–Crippen MR) is 122 cm³/mol. The molecule has 0 aliphatic carbocycles. The number of carbonyl (C=O) groups is 1. The molecule has 0 radical (unpaired) electrons. The molecule has 0 saturated heterocycles. The summed E-state index contributed by atoms with van der Waals surface area (Å²) >= 11 is 0. The Morgan fingerprint density at radius 2 is 1.84 bits per heavy atom. The van der Waals surface area contributed by atoms with Gasteiger partial charge in [-0.1, -0.05) is 23.8 Å². The topological polar surface area (TPSA) is 111 Å². The summed E-state index contributed by atoms with van der Waals surface area (Å²) < 4.78 is 1.67. The number of nitrogen functional groups attached to an aromatic ring is 1. The van der Waals surface area contributed by atoms with Crippen LogP contribution in [0.3, 0.4) is 0 Å². The number of rotatable bonds is 5. The number of anilines is 4. The average Bonchev–Trinajstić information content (AvgIpc) is 3.10. The lowest BCUT2D eigenvalue weighted by atomic mass is 10.1. The van der Waals surface area contributed by atoms with Gasteiger partial charge in [-0.15, -0.1) is 0 Å². The highest BCUT2D eigenvalue weighted by molar-refractivity contribution is 6.04. The fraction of sp³-hybridized carbons (Fsp3) is 0.130. The lowest BCUT2D eigenvalue weighted by molar-refractivity contribution is 0.102. The van der Waals surface area contributed by atoms with Crippen molar-refractivity contribution in [3.63, 3.8) is 0 Å². The van der Waals surface area contributed by atoms with Crippen LogP contribution in [0.1, 0.15) is 27.2 Å². The highest BCUT2D eigenvalue weighted by atomic mass is 16.1. The molecule has 8 nitrogen and oxygen atoms in total. The number of benzene rings is 2. The fourth-order valence-corrected chi connectivity index (χ4v) is 3.20. The zero-order chi connectivity index (χ0) is 22.0. The van der Waals surface area contributed by atoms with Crippen LogP contribution in [0.5, 0.6) is 0 Å². The monoisotopic (exact) mass is 413 g/mol. The third-order valence-corrected chi connectivity index (χ3v) is 4.76. The number of nitrogens with zero attached hydrogens (tertiary/aromatic N) is 4. The molecule has 8 heteroatoms. The quantitative estimate of drug-likeness (QED) is 0.453. The van der Waals surface area contributed by atoms with Gasteiger partial charge < -0.3 is 16.4 Å². The molecule has 31 heavy (non-hydrogen) atoms. The second-order valence-electron chi connectivity index (χ2n) is 7.36. The minimum Gasteiger partial charge on any atom is -0.384 e. The summed E-state index contributed by atoms with van der Waals surface area (Å²) in [5.41, 5.74) is 10.8. The molecule has 1 amide bonds. The van der Waals surface area contributed by atoms with Gasteiger partial charge in [-0.2, -0.15) is 9.78 Å². The van der Waals surface area contributed by atoms with Gasteiger partial charge in [-0.3, -0.25) is 4.79 Å². The van der Waals surface area contributed by atoms with E-state index >= 15 is 0 Å². The zero-order valence-electron chi connectivity index (χ0n) is 17.5. The van der Waals surface area contributed by atoms with E-state index in [9.17, 15) is 4.79 Å². The Labute approximate surface area is 180 Å². The molecule has 0 unspecified atom stereocenters. The lowest BCUT2D eigenvalue weighted by Gasteiger charge is -2.14. The maximum atomic E-state index is 12.6. The minimum absolute atomic E-state index is 0.157. The van der Waals surface area contributed by atoms with Crippen LogP contribution in [-0.2, 0) is 0 Å². The third-order valence-electron chi connectivity index (χ3n) is 4.76. The van der Waals surface area contributed by atoms with Crippen LogP contribution >= 0.6 is 0 Å². The second-order valence-corrected chi connectivity index (χ2v) is 7.36. The lowest BCUT2D eigenvalue weighted by Crippen LogP contribution is -2.12. The first-order valence-corrected chi connectivity index (χ1v) is 9.79. The molecule has 4 aromatic rings. The van der Waals surface area contributed by atoms with Crippen molar-refractivity contribution in [2.24, 2.45) is 0 Å². The Morgan fingerprint density at radius 1 is 1.00 bits per heavy atom. The number of amides is 1. The van der Waals surface area contributed by atoms with Gasteiger partial charge in [0.2, 0.25) is 0 Å². The number of nitrogens with one attached hydrogen (secondary N) is 2. The molecule has 4 N–H and O–H groups in total. The smallest absolute Gasteiger partial charge is 0.255 e. The van der Waals surface area contributed by atoms with E-state index < -0.39 is 0 Å². The number of carbonyl (C=O) groups excluding carboxylic acids is 1. The summed E-state index contributed by atoms with van der Waals surface area (Å²) in [6.07, 6.45) is 1.40. The molecule has 0 atom stereocenters. The maximum absolute atomic E-state index is 12.6. The molecular formula is C23H23N7O. The van der Waals surface area contributed by atoms with E-state index in [0.717, 1.165) is 28.3 Å². The molecular weight excluding hydrogens is 390 g/mol. The summed E-state index contributed by atoms with van der Waals surface area (Å²) in [4.78, 5) is 20.8. The van der Waals surface area contributed by atoms with Gasteiger partial charge in [0.1, 0.15) is 18.0 Å². The van der Waals surface area contributed by atoms with Crippen molar-refractivity contribution in [1.82, 2.24) is 19.7 Å². The van der Waals surface area contributed by atoms with Crippen molar-refractivity contribution >= 4 is 28.9 Å². The Bertz CT molecular complexity index is 1260. The molecule has 2 aromatic carbocycles. The zero-order valence-corrected chi connectivity index (χ0v) is 17.5. The van der Waals surface area contributed by atoms with E-state index in [1.165, 1.54) is 6.33 Å². The molecule has 0 bridgehead atoms. The number of aryl methyl sites for hydroxylation is 3. The third kappa shape index (κ3) is 4.53. The highest BCUT2D eigenvalue weighted by Gasteiger charge is 2.12. The van der Waals surface area contributed by atoms with Gasteiger partial charge in [-0.05, 0) is 50.6 Å². The van der Waals surface area contributed by atoms with Crippen LogP contribution in [0.25, 0.3) is 5.82 Å². The summed E-state index contributed by atoms with van der Waals surface area (Å²) in [6.45, 7) is 5.85. The Hall–Kier alpha value is -4.20. The Kier molecular flexibility index (Phi) is 5.36. The van der Waals surface area contributed by atoms with Crippen LogP contribution in [0.15, 0.2) is 60.9 Å². The molecule has 0 spiro atoms. The van der Waals surface area contributed by atoms with E-state index in [1.807, 2.05) is 63.2 Å². The van der Waals surface area contributed by atoms with E-state index in [-0.39, 0.29) is 5.91 Å². The summed E-state index contributed by atoms with van der Waals surface area (Å²) in [5, 5.41) is 10.9. The molecule has 2 heterocycles. The highest BCUT2D eigenvalue weighted by Crippen LogP contribution is 2.26. The first-order chi connectivity index (χ1) is 14.9. The van der Waals surface area contributed by atoms with E-state index in [4.69, 9.17) is 5.73 Å². The first-order valence-electron chi connectivity index (χ1n) is 9.79. The van der Waals surface area contributed by atoms with Crippen LogP contribution < -0.4 is 16.4 Å². The van der Waals surface area contributed by atoms with Crippen molar-refractivity contribution in [3.8, 4) is 5.82 Å². The van der Waals surface area contributed by atoms with Crippen LogP contribution in [0, 0.1) is 20.8 Å². The molecule has 0 fully saturated rings. The number of hydrogen-bond donors (Lipinski definition) is 3. The van der Waals surface area contributed by atoms with Crippen molar-refractivity contribution in [1.29, 1.82) is 0 Å². The summed E-state index contributed by atoms with van der Waals surface area (Å²) in [5.74, 6) is 1.49. The van der Waals surface area contributed by atoms with E-state index in [2.05, 4.69) is 25.7 Å². The van der Waals surface area contributed by atoms with Crippen molar-refractivity contribution in [2.45, 2.75) is 20.8 Å². The van der Waals surface area contributed by atoms with Gasteiger partial charge in [0, 0.05) is 29.1 Å². The molecule has 0 saturated carbocycles. The maximum Gasteiger partial charge on any atom is 0.255 e. The van der Waals surface area contributed by atoms with E-state index in [1.54, 1.807) is 16.8 Å². The van der Waals surface area contributed by atoms with Crippen LogP contribution in [0.2, 0.25) is 0 Å². The predicted octanol–water partition coefficient (Wildman–Crippen LogP) is 4.17. The molecule has 0 aliphatic rings. The SMILES string of the molecule is Cc1cccc(C(=O)Nc2ccc(C)c(Nc3cc(C)nn3-c3cc(N)ncn3)c2)c1. The Morgan fingerprint density at radius 3 is 2.61 bits per heavy atom. The second kappa shape index (κ2) is 8.27. The van der Waals surface area contributed by atoms with E-state index in [0.29, 0.717) is 22.9 Å². The molecule has 156 valence electrons. The van der Waals surface area contributed by atoms with Crippen molar-refractivity contribution in [3.05, 3.63) is 83.3 Å². The van der Waals surface area contributed by atoms with Crippen molar-refractivity contribution in [2.75, 3.05) is 16.4 Å².